The monoisotopic (exact) mass is 279 g/mol. The van der Waals surface area contributed by atoms with Crippen molar-refractivity contribution in [3.05, 3.63) is 35.4 Å². The van der Waals surface area contributed by atoms with E-state index in [1.54, 1.807) is 0 Å². The fourth-order valence-corrected chi connectivity index (χ4v) is 1.96. The van der Waals surface area contributed by atoms with Crippen LogP contribution in [0.25, 0.3) is 0 Å². The summed E-state index contributed by atoms with van der Waals surface area (Å²) in [6.07, 6.45) is 1.05. The molecule has 20 heavy (non-hydrogen) atoms. The van der Waals surface area contributed by atoms with Crippen molar-refractivity contribution in [3.63, 3.8) is 0 Å². The summed E-state index contributed by atoms with van der Waals surface area (Å²) in [6, 6.07) is 8.50. The largest absolute Gasteiger partial charge is 0.379 e. The predicted octanol–water partition coefficient (Wildman–Crippen LogP) is 3.03. The van der Waals surface area contributed by atoms with Gasteiger partial charge in [-0.1, -0.05) is 45.0 Å². The highest BCUT2D eigenvalue weighted by atomic mass is 16.5. The smallest absolute Gasteiger partial charge is 0.0720 e. The van der Waals surface area contributed by atoms with Gasteiger partial charge in [-0.25, -0.2) is 0 Å². The molecule has 1 rings (SSSR count). The zero-order chi connectivity index (χ0) is 14.6. The standard InChI is InChI=1S/C17H29NO2/c1-4-18-10-9-16-7-5-6-8-17(16)14-20-12-11-19-13-15(2)3/h5-8,15,18H,4,9-14H2,1-3H3. The quantitative estimate of drug-likeness (QED) is 0.632. The minimum Gasteiger partial charge on any atom is -0.379 e. The Morgan fingerprint density at radius 1 is 1.05 bits per heavy atom. The summed E-state index contributed by atoms with van der Waals surface area (Å²) in [6.45, 7) is 11.3. The van der Waals surface area contributed by atoms with Crippen LogP contribution in [0, 0.1) is 5.92 Å². The second-order valence-electron chi connectivity index (χ2n) is 5.39. The third-order valence-electron chi connectivity index (χ3n) is 3.02. The van der Waals surface area contributed by atoms with Crippen LogP contribution in [0.2, 0.25) is 0 Å². The van der Waals surface area contributed by atoms with E-state index >= 15 is 0 Å². The van der Waals surface area contributed by atoms with E-state index in [-0.39, 0.29) is 0 Å². The van der Waals surface area contributed by atoms with Crippen LogP contribution in [0.1, 0.15) is 31.9 Å². The number of hydrogen-bond acceptors (Lipinski definition) is 3. The van der Waals surface area contributed by atoms with E-state index in [1.165, 1.54) is 11.1 Å². The number of rotatable bonds is 11. The highest BCUT2D eigenvalue weighted by Gasteiger charge is 2.02. The average Bonchev–Trinajstić information content (AvgIpc) is 2.44. The van der Waals surface area contributed by atoms with Crippen LogP contribution < -0.4 is 5.32 Å². The Morgan fingerprint density at radius 2 is 1.75 bits per heavy atom. The lowest BCUT2D eigenvalue weighted by Crippen LogP contribution is -2.17. The van der Waals surface area contributed by atoms with E-state index in [1.807, 2.05) is 0 Å². The summed E-state index contributed by atoms with van der Waals surface area (Å²) in [4.78, 5) is 0. The Bertz CT molecular complexity index is 353. The summed E-state index contributed by atoms with van der Waals surface area (Å²) >= 11 is 0. The lowest BCUT2D eigenvalue weighted by atomic mass is 10.1. The Labute approximate surface area is 123 Å². The molecule has 0 aliphatic carbocycles. The molecule has 0 spiro atoms. The van der Waals surface area contributed by atoms with Gasteiger partial charge in [0, 0.05) is 6.61 Å². The molecule has 0 unspecified atom stereocenters. The summed E-state index contributed by atoms with van der Waals surface area (Å²) in [5.74, 6) is 0.585. The second-order valence-corrected chi connectivity index (χ2v) is 5.39. The summed E-state index contributed by atoms with van der Waals surface area (Å²) < 4.78 is 11.2. The van der Waals surface area contributed by atoms with Crippen LogP contribution in [0.15, 0.2) is 24.3 Å². The molecule has 3 heteroatoms. The zero-order valence-corrected chi connectivity index (χ0v) is 13.2. The second kappa shape index (κ2) is 10.8. The third-order valence-corrected chi connectivity index (χ3v) is 3.02. The lowest BCUT2D eigenvalue weighted by Gasteiger charge is -2.11. The van der Waals surface area contributed by atoms with E-state index in [2.05, 4.69) is 50.4 Å². The maximum atomic E-state index is 5.70. The fraction of sp³-hybridized carbons (Fsp3) is 0.647. The van der Waals surface area contributed by atoms with Crippen molar-refractivity contribution in [1.82, 2.24) is 5.32 Å². The first kappa shape index (κ1) is 17.2. The molecule has 0 fully saturated rings. The molecule has 0 aliphatic heterocycles. The van der Waals surface area contributed by atoms with E-state index in [0.717, 1.165) is 26.1 Å². The van der Waals surface area contributed by atoms with Crippen molar-refractivity contribution in [2.24, 2.45) is 5.92 Å². The van der Waals surface area contributed by atoms with E-state index < -0.39 is 0 Å². The zero-order valence-electron chi connectivity index (χ0n) is 13.2. The van der Waals surface area contributed by atoms with E-state index in [0.29, 0.717) is 25.7 Å². The summed E-state index contributed by atoms with van der Waals surface area (Å²) in [5, 5.41) is 3.36. The van der Waals surface area contributed by atoms with E-state index in [4.69, 9.17) is 9.47 Å². The molecule has 0 saturated carbocycles. The van der Waals surface area contributed by atoms with Gasteiger partial charge in [-0.15, -0.1) is 0 Å². The van der Waals surface area contributed by atoms with Gasteiger partial charge in [0.15, 0.2) is 0 Å². The van der Waals surface area contributed by atoms with Gasteiger partial charge in [0.05, 0.1) is 19.8 Å². The minimum atomic E-state index is 0.585. The molecule has 3 nitrogen and oxygen atoms in total. The number of hydrogen-bond donors (Lipinski definition) is 1. The van der Waals surface area contributed by atoms with Gasteiger partial charge in [0.2, 0.25) is 0 Å². The van der Waals surface area contributed by atoms with Crippen molar-refractivity contribution >= 4 is 0 Å². The number of likely N-dealkylation sites (N-methyl/N-ethyl adjacent to an activating group) is 1. The Morgan fingerprint density at radius 3 is 2.45 bits per heavy atom. The molecule has 0 saturated heterocycles. The van der Waals surface area contributed by atoms with E-state index in [9.17, 15) is 0 Å². The van der Waals surface area contributed by atoms with Crippen molar-refractivity contribution in [2.75, 3.05) is 32.9 Å². The maximum absolute atomic E-state index is 5.70. The molecule has 0 heterocycles. The van der Waals surface area contributed by atoms with Crippen LogP contribution in [0.4, 0.5) is 0 Å². The lowest BCUT2D eigenvalue weighted by molar-refractivity contribution is 0.0312. The fourth-order valence-electron chi connectivity index (χ4n) is 1.96. The molecule has 114 valence electrons. The first-order valence-electron chi connectivity index (χ1n) is 7.67. The summed E-state index contributed by atoms with van der Waals surface area (Å²) in [7, 11) is 0. The Balaban J connectivity index is 2.25. The van der Waals surface area contributed by atoms with Crippen molar-refractivity contribution in [2.45, 2.75) is 33.8 Å². The first-order chi connectivity index (χ1) is 9.74. The first-order valence-corrected chi connectivity index (χ1v) is 7.67. The van der Waals surface area contributed by atoms with Crippen molar-refractivity contribution in [3.8, 4) is 0 Å². The normalized spacial score (nSPS) is 11.2. The summed E-state index contributed by atoms with van der Waals surface area (Å²) in [5.41, 5.74) is 2.66. The molecule has 1 aromatic rings. The Kier molecular flexibility index (Phi) is 9.29. The molecule has 0 radical (unpaired) electrons. The van der Waals surface area contributed by atoms with Gasteiger partial charge in [-0.05, 0) is 36.6 Å². The molecule has 0 aromatic heterocycles. The number of ether oxygens (including phenoxy) is 2. The molecule has 0 amide bonds. The van der Waals surface area contributed by atoms with Crippen LogP contribution in [0.3, 0.4) is 0 Å². The number of nitrogens with one attached hydrogen (secondary N) is 1. The van der Waals surface area contributed by atoms with Gasteiger partial charge in [-0.3, -0.25) is 0 Å². The topological polar surface area (TPSA) is 30.5 Å². The van der Waals surface area contributed by atoms with Crippen LogP contribution in [-0.2, 0) is 22.5 Å². The molecule has 0 aliphatic rings. The van der Waals surface area contributed by atoms with Gasteiger partial charge in [0.1, 0.15) is 0 Å². The Hall–Kier alpha value is -0.900. The van der Waals surface area contributed by atoms with Crippen LogP contribution >= 0.6 is 0 Å². The maximum Gasteiger partial charge on any atom is 0.0720 e. The SMILES string of the molecule is CCNCCc1ccccc1COCCOCC(C)C. The molecule has 1 N–H and O–H groups in total. The third kappa shape index (κ3) is 7.63. The molecule has 0 bridgehead atoms. The van der Waals surface area contributed by atoms with Gasteiger partial charge in [0.25, 0.3) is 0 Å². The van der Waals surface area contributed by atoms with Gasteiger partial charge in [-0.2, -0.15) is 0 Å². The molecule has 0 atom stereocenters. The van der Waals surface area contributed by atoms with Gasteiger partial charge >= 0.3 is 0 Å². The minimum absolute atomic E-state index is 0.585. The molecule has 1 aromatic carbocycles. The van der Waals surface area contributed by atoms with Crippen molar-refractivity contribution < 1.29 is 9.47 Å². The van der Waals surface area contributed by atoms with Crippen LogP contribution in [0.5, 0.6) is 0 Å². The van der Waals surface area contributed by atoms with Gasteiger partial charge < -0.3 is 14.8 Å². The predicted molar refractivity (Wildman–Crippen MR) is 84.0 cm³/mol. The highest BCUT2D eigenvalue weighted by Crippen LogP contribution is 2.10. The molecular weight excluding hydrogens is 250 g/mol. The van der Waals surface area contributed by atoms with Crippen LogP contribution in [-0.4, -0.2) is 32.9 Å². The highest BCUT2D eigenvalue weighted by molar-refractivity contribution is 5.26. The van der Waals surface area contributed by atoms with Crippen molar-refractivity contribution in [1.29, 1.82) is 0 Å². The molecular formula is C17H29NO2. The average molecular weight is 279 g/mol. The number of benzene rings is 1.